The smallest absolute Gasteiger partial charge is 0.222 e. The highest BCUT2D eigenvalue weighted by Gasteiger charge is 2.32. The van der Waals surface area contributed by atoms with E-state index in [1.165, 1.54) is 11.1 Å². The Bertz CT molecular complexity index is 811. The molecule has 1 aromatic carbocycles. The van der Waals surface area contributed by atoms with E-state index in [1.54, 1.807) is 0 Å². The second kappa shape index (κ2) is 7.47. The van der Waals surface area contributed by atoms with Crippen molar-refractivity contribution < 1.29 is 9.53 Å². The van der Waals surface area contributed by atoms with Gasteiger partial charge in [-0.3, -0.25) is 4.79 Å². The Labute approximate surface area is 161 Å². The third-order valence-electron chi connectivity index (χ3n) is 5.80. The Kier molecular flexibility index (Phi) is 5.04. The molecule has 1 aromatic heterocycles. The molecule has 1 amide bonds. The summed E-state index contributed by atoms with van der Waals surface area (Å²) in [5.41, 5.74) is 2.41. The van der Waals surface area contributed by atoms with Crippen LogP contribution in [0.25, 0.3) is 0 Å². The summed E-state index contributed by atoms with van der Waals surface area (Å²) in [6.07, 6.45) is 7.66. The molecular formula is C22H29N3O2. The lowest BCUT2D eigenvalue weighted by Gasteiger charge is -2.35. The zero-order valence-electron chi connectivity index (χ0n) is 16.4. The number of nitrogens with zero attached hydrogens (tertiary/aromatic N) is 3. The van der Waals surface area contributed by atoms with Crippen molar-refractivity contribution in [3.63, 3.8) is 0 Å². The molecule has 144 valence electrons. The molecule has 0 N–H and O–H groups in total. The van der Waals surface area contributed by atoms with Crippen LogP contribution in [0, 0.1) is 0 Å². The Morgan fingerprint density at radius 1 is 1.22 bits per heavy atom. The zero-order valence-corrected chi connectivity index (χ0v) is 16.4. The van der Waals surface area contributed by atoms with Gasteiger partial charge in [0.25, 0.3) is 0 Å². The minimum absolute atomic E-state index is 0.0896. The van der Waals surface area contributed by atoms with Gasteiger partial charge in [0.2, 0.25) is 5.91 Å². The number of rotatable bonds is 5. The molecular weight excluding hydrogens is 338 g/mol. The summed E-state index contributed by atoms with van der Waals surface area (Å²) in [6.45, 7) is 7.50. The molecule has 0 radical (unpaired) electrons. The number of aromatic nitrogens is 2. The molecule has 5 nitrogen and oxygen atoms in total. The van der Waals surface area contributed by atoms with Crippen molar-refractivity contribution in [2.24, 2.45) is 0 Å². The van der Waals surface area contributed by atoms with E-state index in [0.29, 0.717) is 18.9 Å². The molecule has 0 aliphatic carbocycles. The molecule has 3 heterocycles. The van der Waals surface area contributed by atoms with Crippen LogP contribution >= 0.6 is 0 Å². The van der Waals surface area contributed by atoms with Crippen molar-refractivity contribution in [2.75, 3.05) is 13.2 Å². The number of likely N-dealkylation sites (tertiary alicyclic amines) is 1. The minimum Gasteiger partial charge on any atom is -0.376 e. The van der Waals surface area contributed by atoms with Gasteiger partial charge in [-0.15, -0.1) is 0 Å². The van der Waals surface area contributed by atoms with Crippen molar-refractivity contribution in [1.82, 2.24) is 14.5 Å². The number of carbonyl (C=O) groups excluding carboxylic acids is 1. The minimum atomic E-state index is -0.0896. The van der Waals surface area contributed by atoms with Crippen molar-refractivity contribution >= 4 is 5.91 Å². The predicted octanol–water partition coefficient (Wildman–Crippen LogP) is 3.73. The molecule has 2 aromatic rings. The SMILES string of the molecule is CC1(C)C[C@H](c2nccn2Cc2ccccc2CN2CCCC2=O)CCO1. The van der Waals surface area contributed by atoms with Crippen LogP contribution in [0.3, 0.4) is 0 Å². The highest BCUT2D eigenvalue weighted by atomic mass is 16.5. The molecule has 0 spiro atoms. The number of carbonyl (C=O) groups is 1. The largest absolute Gasteiger partial charge is 0.376 e. The van der Waals surface area contributed by atoms with Gasteiger partial charge in [0.05, 0.1) is 5.60 Å². The fraction of sp³-hybridized carbons (Fsp3) is 0.545. The van der Waals surface area contributed by atoms with Crippen molar-refractivity contribution in [2.45, 2.75) is 64.1 Å². The summed E-state index contributed by atoms with van der Waals surface area (Å²) in [5, 5.41) is 0. The molecule has 2 fully saturated rings. The third-order valence-corrected chi connectivity index (χ3v) is 5.80. The molecule has 5 heteroatoms. The number of ether oxygens (including phenoxy) is 1. The summed E-state index contributed by atoms with van der Waals surface area (Å²) < 4.78 is 8.16. The lowest BCUT2D eigenvalue weighted by Crippen LogP contribution is -2.34. The van der Waals surface area contributed by atoms with Gasteiger partial charge in [0.1, 0.15) is 5.82 Å². The van der Waals surface area contributed by atoms with E-state index in [0.717, 1.165) is 44.8 Å². The van der Waals surface area contributed by atoms with E-state index in [2.05, 4.69) is 53.9 Å². The van der Waals surface area contributed by atoms with Crippen LogP contribution in [0.2, 0.25) is 0 Å². The molecule has 2 aliphatic heterocycles. The van der Waals surface area contributed by atoms with E-state index in [9.17, 15) is 4.79 Å². The maximum Gasteiger partial charge on any atom is 0.222 e. The highest BCUT2D eigenvalue weighted by molar-refractivity contribution is 5.78. The second-order valence-corrected chi connectivity index (χ2v) is 8.40. The number of benzene rings is 1. The first kappa shape index (κ1) is 18.2. The maximum absolute atomic E-state index is 12.0. The van der Waals surface area contributed by atoms with E-state index >= 15 is 0 Å². The molecule has 0 unspecified atom stereocenters. The fourth-order valence-corrected chi connectivity index (χ4v) is 4.39. The van der Waals surface area contributed by atoms with Crippen molar-refractivity contribution in [3.8, 4) is 0 Å². The quantitative estimate of drug-likeness (QED) is 0.809. The van der Waals surface area contributed by atoms with Gasteiger partial charge in [0, 0.05) is 51.0 Å². The molecule has 27 heavy (non-hydrogen) atoms. The van der Waals surface area contributed by atoms with Gasteiger partial charge in [0.15, 0.2) is 0 Å². The summed E-state index contributed by atoms with van der Waals surface area (Å²) in [5.74, 6) is 1.85. The normalized spacial score (nSPS) is 22.4. The number of hydrogen-bond donors (Lipinski definition) is 0. The van der Waals surface area contributed by atoms with Gasteiger partial charge in [-0.05, 0) is 44.2 Å². The van der Waals surface area contributed by atoms with E-state index < -0.39 is 0 Å². The van der Waals surface area contributed by atoms with Gasteiger partial charge in [-0.2, -0.15) is 0 Å². The average molecular weight is 367 g/mol. The van der Waals surface area contributed by atoms with Crippen LogP contribution in [0.4, 0.5) is 0 Å². The summed E-state index contributed by atoms with van der Waals surface area (Å²) in [4.78, 5) is 18.7. The number of hydrogen-bond acceptors (Lipinski definition) is 3. The molecule has 0 saturated carbocycles. The highest BCUT2D eigenvalue weighted by Crippen LogP contribution is 2.35. The van der Waals surface area contributed by atoms with Crippen molar-refractivity contribution in [1.29, 1.82) is 0 Å². The second-order valence-electron chi connectivity index (χ2n) is 8.40. The predicted molar refractivity (Wildman–Crippen MR) is 104 cm³/mol. The average Bonchev–Trinajstić information content (AvgIpc) is 3.25. The number of amides is 1. The lowest BCUT2D eigenvalue weighted by molar-refractivity contribution is -0.128. The summed E-state index contributed by atoms with van der Waals surface area (Å²) in [7, 11) is 0. The lowest BCUT2D eigenvalue weighted by atomic mass is 9.87. The van der Waals surface area contributed by atoms with Gasteiger partial charge >= 0.3 is 0 Å². The first-order valence-electron chi connectivity index (χ1n) is 10.0. The van der Waals surface area contributed by atoms with Gasteiger partial charge < -0.3 is 14.2 Å². The van der Waals surface area contributed by atoms with Gasteiger partial charge in [-0.25, -0.2) is 4.98 Å². The first-order valence-corrected chi connectivity index (χ1v) is 10.0. The monoisotopic (exact) mass is 367 g/mol. The van der Waals surface area contributed by atoms with E-state index in [1.807, 2.05) is 11.1 Å². The Hall–Kier alpha value is -2.14. The molecule has 0 bridgehead atoms. The first-order chi connectivity index (χ1) is 13.0. The zero-order chi connectivity index (χ0) is 18.9. The third kappa shape index (κ3) is 4.08. The standard InChI is InChI=1S/C22H29N3O2/c1-22(2)14-17(9-13-27-22)21-23-10-12-25(21)16-19-7-4-3-6-18(19)15-24-11-5-8-20(24)26/h3-4,6-7,10,12,17H,5,8-9,11,13-16H2,1-2H3/t17-/m1/s1. The van der Waals surface area contributed by atoms with Crippen LogP contribution in [0.15, 0.2) is 36.7 Å². The Morgan fingerprint density at radius 3 is 2.70 bits per heavy atom. The summed E-state index contributed by atoms with van der Waals surface area (Å²) in [6, 6.07) is 8.47. The topological polar surface area (TPSA) is 47.4 Å². The van der Waals surface area contributed by atoms with Crippen LogP contribution in [-0.4, -0.2) is 39.1 Å². The molecule has 2 aliphatic rings. The van der Waals surface area contributed by atoms with Crippen LogP contribution in [0.1, 0.15) is 62.4 Å². The maximum atomic E-state index is 12.0. The van der Waals surface area contributed by atoms with Crippen LogP contribution < -0.4 is 0 Å². The van der Waals surface area contributed by atoms with Gasteiger partial charge in [-0.1, -0.05) is 24.3 Å². The van der Waals surface area contributed by atoms with E-state index in [-0.39, 0.29) is 11.5 Å². The molecule has 4 rings (SSSR count). The van der Waals surface area contributed by atoms with E-state index in [4.69, 9.17) is 4.74 Å². The van der Waals surface area contributed by atoms with Crippen molar-refractivity contribution in [3.05, 3.63) is 53.6 Å². The molecule has 1 atom stereocenters. The molecule has 2 saturated heterocycles. The fourth-order valence-electron chi connectivity index (χ4n) is 4.39. The van der Waals surface area contributed by atoms with Crippen LogP contribution in [-0.2, 0) is 22.6 Å². The Balaban J connectivity index is 1.54. The summed E-state index contributed by atoms with van der Waals surface area (Å²) >= 11 is 0. The Morgan fingerprint density at radius 2 is 2.00 bits per heavy atom. The number of imidazole rings is 1. The van der Waals surface area contributed by atoms with Crippen LogP contribution in [0.5, 0.6) is 0 Å².